The third kappa shape index (κ3) is 5.06. The Labute approximate surface area is 282 Å². The number of hydrogen-bond donors (Lipinski definition) is 2. The van der Waals surface area contributed by atoms with Crippen molar-refractivity contribution in [2.45, 2.75) is 50.4 Å². The van der Waals surface area contributed by atoms with Crippen molar-refractivity contribution < 1.29 is 0 Å². The molecule has 6 heteroatoms. The zero-order valence-corrected chi connectivity index (χ0v) is 29.1. The number of benzene rings is 4. The van der Waals surface area contributed by atoms with E-state index < -0.39 is 0 Å². The zero-order valence-electron chi connectivity index (χ0n) is 23.2. The molecule has 0 aliphatic carbocycles. The molecule has 42 heavy (non-hydrogen) atoms. The van der Waals surface area contributed by atoms with E-state index in [1.54, 1.807) is 4.88 Å². The van der Waals surface area contributed by atoms with E-state index in [1.165, 1.54) is 60.0 Å². The maximum absolute atomic E-state index is 4.12. The number of thiophene rings is 2. The molecule has 4 heterocycles. The summed E-state index contributed by atoms with van der Waals surface area (Å²) < 4.78 is 5.37. The summed E-state index contributed by atoms with van der Waals surface area (Å²) >= 11 is 8.79. The Bertz CT molecular complexity index is 1920. The second-order valence-corrected chi connectivity index (χ2v) is 16.5. The highest BCUT2D eigenvalue weighted by Gasteiger charge is 2.32. The van der Waals surface area contributed by atoms with Crippen molar-refractivity contribution in [1.29, 1.82) is 0 Å². The Morgan fingerprint density at radius 2 is 1.26 bits per heavy atom. The van der Waals surface area contributed by atoms with E-state index in [2.05, 4.69) is 154 Å². The van der Waals surface area contributed by atoms with Crippen LogP contribution in [0, 0.1) is 7.14 Å². The molecule has 2 aliphatic rings. The lowest BCUT2D eigenvalue weighted by molar-refractivity contribution is 0.442. The van der Waals surface area contributed by atoms with Gasteiger partial charge in [0.25, 0.3) is 0 Å². The molecule has 2 nitrogen and oxygen atoms in total. The molecular formula is C36H30I2N2S2. The van der Waals surface area contributed by atoms with Gasteiger partial charge in [0.15, 0.2) is 0 Å². The van der Waals surface area contributed by atoms with Gasteiger partial charge in [-0.25, -0.2) is 0 Å². The molecule has 0 radical (unpaired) electrons. The first-order valence-electron chi connectivity index (χ1n) is 14.6. The normalized spacial score (nSPS) is 21.9. The highest BCUT2D eigenvalue weighted by Crippen LogP contribution is 2.44. The summed E-state index contributed by atoms with van der Waals surface area (Å²) in [4.78, 5) is 3.08. The molecule has 0 unspecified atom stereocenters. The van der Waals surface area contributed by atoms with Gasteiger partial charge in [-0.3, -0.25) is 0 Å². The first-order valence-corrected chi connectivity index (χ1v) is 18.4. The lowest BCUT2D eigenvalue weighted by atomic mass is 9.87. The summed E-state index contributed by atoms with van der Waals surface area (Å²) in [6.45, 7) is 2.32. The maximum atomic E-state index is 4.12. The van der Waals surface area contributed by atoms with Gasteiger partial charge in [0.2, 0.25) is 0 Å². The van der Waals surface area contributed by atoms with Gasteiger partial charge in [-0.2, -0.15) is 0 Å². The monoisotopic (exact) mass is 808 g/mol. The number of hydrogen-bond acceptors (Lipinski definition) is 4. The van der Waals surface area contributed by atoms with E-state index in [9.17, 15) is 0 Å². The number of rotatable bonds is 4. The van der Waals surface area contributed by atoms with Crippen molar-refractivity contribution in [3.63, 3.8) is 0 Å². The fraction of sp³-hybridized carbons (Fsp3) is 0.222. The van der Waals surface area contributed by atoms with Gasteiger partial charge in [-0.15, -0.1) is 22.7 Å². The molecule has 2 aliphatic heterocycles. The molecule has 2 N–H and O–H groups in total. The summed E-state index contributed by atoms with van der Waals surface area (Å²) in [5, 5.41) is 10.9. The highest BCUT2D eigenvalue weighted by atomic mass is 127. The zero-order chi connectivity index (χ0) is 28.4. The van der Waals surface area contributed by atoms with Crippen LogP contribution < -0.4 is 10.6 Å². The molecule has 0 saturated carbocycles. The lowest BCUT2D eigenvalue weighted by Gasteiger charge is -2.32. The van der Waals surface area contributed by atoms with Crippen LogP contribution in [0.1, 0.15) is 56.6 Å². The van der Waals surface area contributed by atoms with Crippen molar-refractivity contribution >= 4 is 88.0 Å². The Hall–Kier alpha value is -1.82. The molecule has 2 aromatic heterocycles. The van der Waals surface area contributed by atoms with E-state index in [0.29, 0.717) is 12.1 Å². The standard InChI is InChI=1S/C36H30I2N2S2/c1-20-16-31-34(35(39-20)22-7-11-24(37)12-8-22)28-18-21(6-15-30(28)42-31)17-26-19-32-33(27-4-2-3-5-29(27)41-32)36(40-26)23-9-13-25(38)14-10-23/h2-15,18,20,26,35-36,39-40H,16-17,19H2,1H3/t20-,26-,35-,36+/m1/s1. The molecule has 0 saturated heterocycles. The van der Waals surface area contributed by atoms with E-state index in [4.69, 9.17) is 0 Å². The minimum Gasteiger partial charge on any atom is -0.303 e. The fourth-order valence-corrected chi connectivity index (χ4v) is 10.3. The first kappa shape index (κ1) is 27.7. The third-order valence-corrected chi connectivity index (χ3v) is 12.7. The van der Waals surface area contributed by atoms with Crippen LogP contribution in [0.4, 0.5) is 0 Å². The summed E-state index contributed by atoms with van der Waals surface area (Å²) in [5.41, 5.74) is 7.12. The van der Waals surface area contributed by atoms with E-state index in [0.717, 1.165) is 19.3 Å². The van der Waals surface area contributed by atoms with Crippen molar-refractivity contribution in [2.75, 3.05) is 0 Å². The van der Waals surface area contributed by atoms with Gasteiger partial charge >= 0.3 is 0 Å². The summed E-state index contributed by atoms with van der Waals surface area (Å²) in [6, 6.07) is 35.7. The predicted octanol–water partition coefficient (Wildman–Crippen LogP) is 9.80. The topological polar surface area (TPSA) is 24.1 Å². The molecule has 8 rings (SSSR count). The Morgan fingerprint density at radius 3 is 1.98 bits per heavy atom. The van der Waals surface area contributed by atoms with E-state index >= 15 is 0 Å². The van der Waals surface area contributed by atoms with Gasteiger partial charge in [-0.1, -0.05) is 48.5 Å². The molecule has 0 amide bonds. The van der Waals surface area contributed by atoms with Crippen molar-refractivity contribution in [2.24, 2.45) is 0 Å². The molecule has 210 valence electrons. The van der Waals surface area contributed by atoms with Crippen molar-refractivity contribution in [1.82, 2.24) is 10.6 Å². The SMILES string of the molecule is C[C@@H]1Cc2sc3ccc(C[C@@H]4Cc5sc6ccccc6c5[C@H](c5ccc(I)cc5)N4)cc3c2[C@@H](c2ccc(I)cc2)N1. The molecule has 0 spiro atoms. The number of halogens is 2. The molecule has 6 aromatic rings. The molecule has 4 atom stereocenters. The first-order chi connectivity index (χ1) is 20.5. The summed E-state index contributed by atoms with van der Waals surface area (Å²) in [5.74, 6) is 0. The van der Waals surface area contributed by atoms with Crippen LogP contribution >= 0.6 is 67.9 Å². The van der Waals surface area contributed by atoms with Crippen LogP contribution in [0.25, 0.3) is 20.2 Å². The van der Waals surface area contributed by atoms with E-state index in [1.807, 2.05) is 22.7 Å². The van der Waals surface area contributed by atoms with Crippen molar-refractivity contribution in [3.8, 4) is 0 Å². The highest BCUT2D eigenvalue weighted by molar-refractivity contribution is 14.1. The summed E-state index contributed by atoms with van der Waals surface area (Å²) in [6.07, 6.45) is 3.19. The third-order valence-electron chi connectivity index (χ3n) is 8.82. The molecular weight excluding hydrogens is 778 g/mol. The second-order valence-electron chi connectivity index (χ2n) is 11.7. The fourth-order valence-electron chi connectivity index (χ4n) is 6.95. The Morgan fingerprint density at radius 1 is 0.667 bits per heavy atom. The van der Waals surface area contributed by atoms with E-state index in [-0.39, 0.29) is 12.1 Å². The summed E-state index contributed by atoms with van der Waals surface area (Å²) in [7, 11) is 0. The van der Waals surface area contributed by atoms with Crippen LogP contribution in [-0.4, -0.2) is 12.1 Å². The van der Waals surface area contributed by atoms with Gasteiger partial charge in [0, 0.05) is 38.4 Å². The Kier molecular flexibility index (Phi) is 7.44. The van der Waals surface area contributed by atoms with Crippen LogP contribution in [0.2, 0.25) is 0 Å². The predicted molar refractivity (Wildman–Crippen MR) is 196 cm³/mol. The van der Waals surface area contributed by atoms with Crippen LogP contribution in [-0.2, 0) is 19.3 Å². The maximum Gasteiger partial charge on any atom is 0.0596 e. The smallest absolute Gasteiger partial charge is 0.0596 e. The minimum absolute atomic E-state index is 0.209. The van der Waals surface area contributed by atoms with Gasteiger partial charge < -0.3 is 10.6 Å². The van der Waals surface area contributed by atoms with Crippen LogP contribution in [0.15, 0.2) is 91.0 Å². The lowest BCUT2D eigenvalue weighted by Crippen LogP contribution is -2.40. The number of fused-ring (bicyclic) bond motifs is 6. The van der Waals surface area contributed by atoms with Crippen LogP contribution in [0.5, 0.6) is 0 Å². The van der Waals surface area contributed by atoms with Gasteiger partial charge in [0.1, 0.15) is 0 Å². The van der Waals surface area contributed by atoms with Crippen molar-refractivity contribution in [3.05, 3.63) is 136 Å². The average Bonchev–Trinajstić information content (AvgIpc) is 3.55. The minimum atomic E-state index is 0.209. The molecule has 4 aromatic carbocycles. The molecule has 0 bridgehead atoms. The molecule has 0 fully saturated rings. The largest absolute Gasteiger partial charge is 0.303 e. The second kappa shape index (κ2) is 11.3. The van der Waals surface area contributed by atoms with Gasteiger partial charge in [0.05, 0.1) is 12.1 Å². The average molecular weight is 809 g/mol. The van der Waals surface area contributed by atoms with Gasteiger partial charge in [-0.05, 0) is 152 Å². The quantitative estimate of drug-likeness (QED) is 0.174. The number of nitrogens with one attached hydrogen (secondary N) is 2. The van der Waals surface area contributed by atoms with Crippen LogP contribution in [0.3, 0.4) is 0 Å². The Balaban J connectivity index is 1.16.